The molecule has 11 nitrogen and oxygen atoms in total. The van der Waals surface area contributed by atoms with Crippen LogP contribution in [0.5, 0.6) is 11.5 Å². The highest BCUT2D eigenvalue weighted by atomic mass is 19.1. The van der Waals surface area contributed by atoms with Crippen LogP contribution in [0.15, 0.2) is 88.9 Å². The Kier molecular flexibility index (Phi) is 8.96. The zero-order chi connectivity index (χ0) is 35.9. The average molecular weight is 698 g/mol. The summed E-state index contributed by atoms with van der Waals surface area (Å²) >= 11 is 0. The first kappa shape index (κ1) is 33.8. The molecule has 3 aliphatic rings. The lowest BCUT2D eigenvalue weighted by atomic mass is 9.93. The van der Waals surface area contributed by atoms with E-state index in [1.807, 2.05) is 68.4 Å². The SMILES string of the molecule is COc1ccc(CN2C(C)=NOC23CC[C@H](C)N2C[C@H]3n3cc(C(=O)NCc4ccc(F)cc4F)c(=O)c(OCc4ccccc4)c3C2=O)cc1. The van der Waals surface area contributed by atoms with Gasteiger partial charge in [-0.05, 0) is 49.6 Å². The highest BCUT2D eigenvalue weighted by molar-refractivity contribution is 5.99. The Labute approximate surface area is 293 Å². The Hall–Kier alpha value is -5.72. The Bertz CT molecular complexity index is 2070. The molecule has 3 aromatic carbocycles. The van der Waals surface area contributed by atoms with Gasteiger partial charge in [-0.3, -0.25) is 14.4 Å². The minimum absolute atomic E-state index is 0.000939. The number of aromatic nitrogens is 1. The number of amidine groups is 1. The fraction of sp³-hybridized carbons (Fsp3) is 0.316. The number of ether oxygens (including phenoxy) is 2. The molecular weight excluding hydrogens is 660 g/mol. The van der Waals surface area contributed by atoms with Gasteiger partial charge in [0.2, 0.25) is 11.2 Å². The van der Waals surface area contributed by atoms with Crippen molar-refractivity contribution in [3.05, 3.63) is 129 Å². The van der Waals surface area contributed by atoms with Crippen LogP contribution in [0.3, 0.4) is 0 Å². The second-order valence-corrected chi connectivity index (χ2v) is 13.0. The van der Waals surface area contributed by atoms with E-state index in [2.05, 4.69) is 15.4 Å². The standard InChI is InChI=1S/C38H37F2N5O6/c1-23-15-16-38(45(24(2)42-51-38)19-25-9-13-29(49-3)14-10-25)32-21-43(23)37(48)33-35(50-22-26-7-5-4-6-8-26)34(46)30(20-44(32)33)36(47)41-18-27-11-12-28(39)17-31(27)40/h4-14,17,20,23,32H,15-16,18-19,21-22H2,1-3H3,(H,41,47)/t23-,32+,38?/m0/s1. The number of oxime groups is 1. The lowest BCUT2D eigenvalue weighted by Gasteiger charge is -2.46. The Morgan fingerprint density at radius 1 is 1.06 bits per heavy atom. The summed E-state index contributed by atoms with van der Waals surface area (Å²) < 4.78 is 41.2. The second-order valence-electron chi connectivity index (χ2n) is 13.0. The van der Waals surface area contributed by atoms with Gasteiger partial charge in [-0.2, -0.15) is 0 Å². The van der Waals surface area contributed by atoms with Gasteiger partial charge >= 0.3 is 0 Å². The number of carbonyl (C=O) groups is 2. The summed E-state index contributed by atoms with van der Waals surface area (Å²) in [5, 5.41) is 7.04. The largest absolute Gasteiger partial charge is 0.497 e. The molecule has 1 saturated heterocycles. The monoisotopic (exact) mass is 697 g/mol. The van der Waals surface area contributed by atoms with Crippen LogP contribution in [-0.2, 0) is 24.5 Å². The van der Waals surface area contributed by atoms with Gasteiger partial charge in [-0.1, -0.05) is 53.7 Å². The third-order valence-electron chi connectivity index (χ3n) is 9.94. The molecule has 1 spiro atoms. The number of carbonyl (C=O) groups excluding carboxylic acids is 2. The molecule has 1 N–H and O–H groups in total. The molecule has 0 saturated carbocycles. The van der Waals surface area contributed by atoms with Crippen LogP contribution in [0, 0.1) is 11.6 Å². The number of benzene rings is 3. The van der Waals surface area contributed by atoms with Crippen molar-refractivity contribution in [3.8, 4) is 11.5 Å². The summed E-state index contributed by atoms with van der Waals surface area (Å²) in [7, 11) is 1.60. The van der Waals surface area contributed by atoms with E-state index in [-0.39, 0.29) is 48.3 Å². The number of rotatable bonds is 9. The number of pyridine rings is 1. The quantitative estimate of drug-likeness (QED) is 0.250. The minimum atomic E-state index is -1.11. The van der Waals surface area contributed by atoms with Crippen LogP contribution in [0.2, 0.25) is 0 Å². The number of fused-ring (bicyclic) bond motifs is 5. The predicted octanol–water partition coefficient (Wildman–Crippen LogP) is 5.39. The smallest absolute Gasteiger partial charge is 0.274 e. The number of nitrogens with zero attached hydrogens (tertiary/aromatic N) is 4. The normalized spacial score (nSPS) is 20.7. The summed E-state index contributed by atoms with van der Waals surface area (Å²) in [5.74, 6) is -1.74. The minimum Gasteiger partial charge on any atom is -0.497 e. The maximum Gasteiger partial charge on any atom is 0.274 e. The average Bonchev–Trinajstić information content (AvgIpc) is 3.37. The van der Waals surface area contributed by atoms with E-state index in [1.165, 1.54) is 12.3 Å². The topological polar surface area (TPSA) is 115 Å². The van der Waals surface area contributed by atoms with Crippen LogP contribution >= 0.6 is 0 Å². The van der Waals surface area contributed by atoms with Gasteiger partial charge < -0.3 is 34.0 Å². The van der Waals surface area contributed by atoms with Crippen LogP contribution in [-0.4, -0.2) is 57.4 Å². The summed E-state index contributed by atoms with van der Waals surface area (Å²) in [4.78, 5) is 52.5. The molecule has 0 radical (unpaired) electrons. The molecule has 3 atom stereocenters. The van der Waals surface area contributed by atoms with Gasteiger partial charge in [0.15, 0.2) is 11.4 Å². The molecule has 264 valence electrons. The summed E-state index contributed by atoms with van der Waals surface area (Å²) in [6, 6.07) is 19.0. The molecule has 3 aliphatic heterocycles. The molecule has 0 aliphatic carbocycles. The van der Waals surface area contributed by atoms with E-state index in [0.717, 1.165) is 29.0 Å². The Morgan fingerprint density at radius 2 is 1.82 bits per heavy atom. The fourth-order valence-electron chi connectivity index (χ4n) is 7.10. The molecule has 1 unspecified atom stereocenters. The molecule has 51 heavy (non-hydrogen) atoms. The van der Waals surface area contributed by atoms with E-state index < -0.39 is 40.6 Å². The van der Waals surface area contributed by atoms with Crippen LogP contribution in [0.25, 0.3) is 0 Å². The van der Waals surface area contributed by atoms with E-state index in [9.17, 15) is 23.2 Å². The highest BCUT2D eigenvalue weighted by Crippen LogP contribution is 2.47. The number of halogens is 2. The van der Waals surface area contributed by atoms with E-state index in [4.69, 9.17) is 14.3 Å². The summed E-state index contributed by atoms with van der Waals surface area (Å²) in [5.41, 5.74) is -0.465. The van der Waals surface area contributed by atoms with Crippen molar-refractivity contribution in [1.29, 1.82) is 0 Å². The lowest BCUT2D eigenvalue weighted by Crippen LogP contribution is -2.58. The van der Waals surface area contributed by atoms with Crippen LogP contribution in [0.4, 0.5) is 8.78 Å². The number of amides is 2. The van der Waals surface area contributed by atoms with Gasteiger partial charge in [0.1, 0.15) is 41.4 Å². The molecule has 4 heterocycles. The second kappa shape index (κ2) is 13.5. The predicted molar refractivity (Wildman–Crippen MR) is 183 cm³/mol. The first-order chi connectivity index (χ1) is 24.6. The fourth-order valence-corrected chi connectivity index (χ4v) is 7.10. The van der Waals surface area contributed by atoms with Gasteiger partial charge in [-0.15, -0.1) is 0 Å². The van der Waals surface area contributed by atoms with E-state index in [1.54, 1.807) is 16.6 Å². The first-order valence-electron chi connectivity index (χ1n) is 16.7. The lowest BCUT2D eigenvalue weighted by molar-refractivity contribution is -0.142. The van der Waals surface area contributed by atoms with Crippen LogP contribution in [0.1, 0.15) is 70.3 Å². The van der Waals surface area contributed by atoms with E-state index in [0.29, 0.717) is 25.2 Å². The van der Waals surface area contributed by atoms with Crippen molar-refractivity contribution < 1.29 is 32.7 Å². The molecule has 2 amide bonds. The highest BCUT2D eigenvalue weighted by Gasteiger charge is 2.57. The van der Waals surface area contributed by atoms with Crippen molar-refractivity contribution in [2.24, 2.45) is 5.16 Å². The molecule has 7 rings (SSSR count). The maximum absolute atomic E-state index is 14.5. The third-order valence-corrected chi connectivity index (χ3v) is 9.94. The maximum atomic E-state index is 14.5. The van der Waals surface area contributed by atoms with Gasteiger partial charge in [0.25, 0.3) is 11.8 Å². The molecule has 2 bridgehead atoms. The van der Waals surface area contributed by atoms with Gasteiger partial charge in [0.05, 0.1) is 7.11 Å². The molecule has 1 fully saturated rings. The molecule has 4 aromatic rings. The van der Waals surface area contributed by atoms with E-state index >= 15 is 0 Å². The number of methoxy groups -OCH3 is 1. The number of hydrogen-bond donors (Lipinski definition) is 1. The van der Waals surface area contributed by atoms with Crippen LogP contribution < -0.4 is 20.2 Å². The van der Waals surface area contributed by atoms with Crippen molar-refractivity contribution in [2.45, 2.75) is 64.2 Å². The van der Waals surface area contributed by atoms with Gasteiger partial charge in [0, 0.05) is 49.9 Å². The molecule has 13 heteroatoms. The van der Waals surface area contributed by atoms with Crippen molar-refractivity contribution in [1.82, 2.24) is 19.7 Å². The Morgan fingerprint density at radius 3 is 2.55 bits per heavy atom. The third kappa shape index (κ3) is 6.17. The molecule has 1 aromatic heterocycles. The van der Waals surface area contributed by atoms with Gasteiger partial charge in [-0.25, -0.2) is 8.78 Å². The Balaban J connectivity index is 1.34. The number of hydrogen-bond acceptors (Lipinski definition) is 8. The van der Waals surface area contributed by atoms with Crippen molar-refractivity contribution >= 4 is 17.6 Å². The zero-order valence-corrected chi connectivity index (χ0v) is 28.4. The van der Waals surface area contributed by atoms with Crippen molar-refractivity contribution in [2.75, 3.05) is 13.7 Å². The number of nitrogens with one attached hydrogen (secondary N) is 1. The first-order valence-corrected chi connectivity index (χ1v) is 16.7. The summed E-state index contributed by atoms with van der Waals surface area (Å²) in [6.07, 6.45) is 2.40. The summed E-state index contributed by atoms with van der Waals surface area (Å²) in [6.45, 7) is 4.08. The molecular formula is C38H37F2N5O6. The van der Waals surface area contributed by atoms with Crippen molar-refractivity contribution in [3.63, 3.8) is 0 Å². The zero-order valence-electron chi connectivity index (χ0n) is 28.4.